The predicted molar refractivity (Wildman–Crippen MR) is 141 cm³/mol. The fourth-order valence-electron chi connectivity index (χ4n) is 4.24. The normalized spacial score (nSPS) is 14.8. The number of halogens is 2. The van der Waals surface area contributed by atoms with Crippen molar-refractivity contribution >= 4 is 39.1 Å². The number of nitrogens with one attached hydrogen (secondary N) is 2. The molecule has 0 radical (unpaired) electrons. The van der Waals surface area contributed by atoms with E-state index in [9.17, 15) is 22.4 Å². The Labute approximate surface area is 220 Å². The molecule has 1 aliphatic rings. The maximum Gasteiger partial charge on any atom is 0.253 e. The number of carbonyl (C=O) groups is 2. The molecule has 0 spiro atoms. The molecule has 37 heavy (non-hydrogen) atoms. The van der Waals surface area contributed by atoms with Crippen LogP contribution in [0.3, 0.4) is 0 Å². The Morgan fingerprint density at radius 3 is 2.32 bits per heavy atom. The molecule has 1 aliphatic heterocycles. The highest BCUT2D eigenvalue weighted by Gasteiger charge is 2.32. The van der Waals surface area contributed by atoms with Gasteiger partial charge >= 0.3 is 0 Å². The summed E-state index contributed by atoms with van der Waals surface area (Å²) in [6.07, 6.45) is 0.608. The van der Waals surface area contributed by atoms with E-state index in [1.54, 1.807) is 24.3 Å². The molecule has 0 unspecified atom stereocenters. The van der Waals surface area contributed by atoms with Crippen molar-refractivity contribution in [1.29, 1.82) is 0 Å². The minimum absolute atomic E-state index is 0.0595. The summed E-state index contributed by atoms with van der Waals surface area (Å²) in [5.74, 6) is -2.23. The first-order valence-electron chi connectivity index (χ1n) is 11.9. The van der Waals surface area contributed by atoms with Crippen molar-refractivity contribution in [3.05, 3.63) is 100 Å². The van der Waals surface area contributed by atoms with Crippen molar-refractivity contribution in [2.24, 2.45) is 5.92 Å². The van der Waals surface area contributed by atoms with Gasteiger partial charge in [-0.2, -0.15) is 0 Å². The van der Waals surface area contributed by atoms with Gasteiger partial charge in [-0.15, -0.1) is 0 Å². The molecule has 0 atom stereocenters. The molecule has 10 heteroatoms. The quantitative estimate of drug-likeness (QED) is 0.434. The second-order valence-electron chi connectivity index (χ2n) is 8.83. The molecule has 0 aromatic heterocycles. The zero-order valence-electron chi connectivity index (χ0n) is 20.0. The van der Waals surface area contributed by atoms with E-state index in [2.05, 4.69) is 10.6 Å². The van der Waals surface area contributed by atoms with E-state index in [1.807, 2.05) is 30.3 Å². The summed E-state index contributed by atoms with van der Waals surface area (Å²) < 4.78 is 41.1. The van der Waals surface area contributed by atoms with Gasteiger partial charge in [0.05, 0.1) is 17.0 Å². The van der Waals surface area contributed by atoms with Crippen molar-refractivity contribution < 1.29 is 22.4 Å². The van der Waals surface area contributed by atoms with Crippen molar-refractivity contribution in [1.82, 2.24) is 9.62 Å². The smallest absolute Gasteiger partial charge is 0.253 e. The zero-order valence-corrected chi connectivity index (χ0v) is 21.6. The van der Waals surface area contributed by atoms with Gasteiger partial charge in [-0.25, -0.2) is 17.1 Å². The summed E-state index contributed by atoms with van der Waals surface area (Å²) in [6, 6.07) is 20.3. The molecule has 2 N–H and O–H groups in total. The van der Waals surface area contributed by atoms with Crippen molar-refractivity contribution in [3.63, 3.8) is 0 Å². The van der Waals surface area contributed by atoms with Crippen LogP contribution in [-0.4, -0.2) is 37.6 Å². The third-order valence-corrected chi connectivity index (χ3v) is 8.49. The highest BCUT2D eigenvalue weighted by molar-refractivity contribution is 7.88. The SMILES string of the molecule is O=C(NCc1ccccc1)c1ccccc1NC(=O)C1CCN(S(=O)(=O)Cc2c(F)cccc2Cl)CC1. The van der Waals surface area contributed by atoms with Crippen LogP contribution in [0.25, 0.3) is 0 Å². The van der Waals surface area contributed by atoms with Crippen molar-refractivity contribution in [3.8, 4) is 0 Å². The Morgan fingerprint density at radius 1 is 0.946 bits per heavy atom. The van der Waals surface area contributed by atoms with Crippen molar-refractivity contribution in [2.75, 3.05) is 18.4 Å². The van der Waals surface area contributed by atoms with E-state index in [-0.39, 0.29) is 35.5 Å². The summed E-state index contributed by atoms with van der Waals surface area (Å²) in [6.45, 7) is 0.615. The topological polar surface area (TPSA) is 95.6 Å². The minimum Gasteiger partial charge on any atom is -0.348 e. The fourth-order valence-corrected chi connectivity index (χ4v) is 6.16. The standard InChI is InChI=1S/C27H27ClFN3O4S/c28-23-10-6-11-24(29)22(23)18-37(35,36)32-15-13-20(14-16-32)26(33)31-25-12-5-4-9-21(25)27(34)30-17-19-7-2-1-3-8-19/h1-12,20H,13-18H2,(H,30,34)(H,31,33). The lowest BCUT2D eigenvalue weighted by molar-refractivity contribution is -0.120. The molecule has 0 aliphatic carbocycles. The Balaban J connectivity index is 1.35. The first-order chi connectivity index (χ1) is 17.7. The van der Waals surface area contributed by atoms with Gasteiger partial charge in [0.2, 0.25) is 15.9 Å². The summed E-state index contributed by atoms with van der Waals surface area (Å²) in [7, 11) is -3.81. The van der Waals surface area contributed by atoms with Gasteiger partial charge in [0, 0.05) is 36.1 Å². The summed E-state index contributed by atoms with van der Waals surface area (Å²) in [5.41, 5.74) is 1.62. The molecular weight excluding hydrogens is 517 g/mol. The number of para-hydroxylation sites is 1. The van der Waals surface area contributed by atoms with Crippen LogP contribution < -0.4 is 10.6 Å². The van der Waals surface area contributed by atoms with Gasteiger partial charge in [-0.1, -0.05) is 60.1 Å². The van der Waals surface area contributed by atoms with Gasteiger partial charge in [0.1, 0.15) is 5.82 Å². The maximum absolute atomic E-state index is 14.1. The first kappa shape index (κ1) is 26.8. The lowest BCUT2D eigenvalue weighted by Gasteiger charge is -2.30. The minimum atomic E-state index is -3.81. The number of sulfonamides is 1. The maximum atomic E-state index is 14.1. The number of anilines is 1. The molecular formula is C27H27ClFN3O4S. The van der Waals surface area contributed by atoms with Crippen LogP contribution in [0.1, 0.15) is 34.3 Å². The Bertz CT molecular complexity index is 1360. The van der Waals surface area contributed by atoms with Gasteiger partial charge in [-0.3, -0.25) is 9.59 Å². The van der Waals surface area contributed by atoms with Gasteiger partial charge in [0.25, 0.3) is 5.91 Å². The van der Waals surface area contributed by atoms with E-state index in [0.29, 0.717) is 30.6 Å². The number of rotatable bonds is 8. The number of benzene rings is 3. The molecule has 1 fully saturated rings. The first-order valence-corrected chi connectivity index (χ1v) is 13.9. The Kier molecular flexibility index (Phi) is 8.58. The average molecular weight is 544 g/mol. The third-order valence-electron chi connectivity index (χ3n) is 6.33. The molecule has 1 heterocycles. The van der Waals surface area contributed by atoms with Crippen LogP contribution >= 0.6 is 11.6 Å². The van der Waals surface area contributed by atoms with Crippen LogP contribution in [0.5, 0.6) is 0 Å². The Hall–Kier alpha value is -3.27. The number of hydrogen-bond donors (Lipinski definition) is 2. The van der Waals surface area contributed by atoms with E-state index in [4.69, 9.17) is 11.6 Å². The van der Waals surface area contributed by atoms with Gasteiger partial charge in [-0.05, 0) is 42.7 Å². The second kappa shape index (κ2) is 11.9. The number of carbonyl (C=O) groups excluding carboxylic acids is 2. The van der Waals surface area contributed by atoms with E-state index >= 15 is 0 Å². The molecule has 2 amide bonds. The Morgan fingerprint density at radius 2 is 1.62 bits per heavy atom. The lowest BCUT2D eigenvalue weighted by atomic mass is 9.97. The number of nitrogens with zero attached hydrogens (tertiary/aromatic N) is 1. The van der Waals surface area contributed by atoms with Gasteiger partial charge in [0.15, 0.2) is 0 Å². The molecule has 0 saturated carbocycles. The molecule has 0 bridgehead atoms. The number of hydrogen-bond acceptors (Lipinski definition) is 4. The zero-order chi connectivity index (χ0) is 26.4. The third kappa shape index (κ3) is 6.74. The monoisotopic (exact) mass is 543 g/mol. The molecule has 7 nitrogen and oxygen atoms in total. The number of amides is 2. The predicted octanol–water partition coefficient (Wildman–Crippen LogP) is 4.59. The van der Waals surface area contributed by atoms with Crippen LogP contribution in [0.2, 0.25) is 5.02 Å². The molecule has 3 aromatic rings. The van der Waals surface area contributed by atoms with Crippen LogP contribution in [0, 0.1) is 11.7 Å². The number of piperidine rings is 1. The molecule has 1 saturated heterocycles. The van der Waals surface area contributed by atoms with Crippen LogP contribution in [0.15, 0.2) is 72.8 Å². The van der Waals surface area contributed by atoms with Crippen LogP contribution in [-0.2, 0) is 27.1 Å². The summed E-state index contributed by atoms with van der Waals surface area (Å²) >= 11 is 6.00. The van der Waals surface area contributed by atoms with E-state index in [1.165, 1.54) is 22.5 Å². The fraction of sp³-hybridized carbons (Fsp3) is 0.259. The lowest BCUT2D eigenvalue weighted by Crippen LogP contribution is -2.42. The van der Waals surface area contributed by atoms with Crippen LogP contribution in [0.4, 0.5) is 10.1 Å². The summed E-state index contributed by atoms with van der Waals surface area (Å²) in [5, 5.41) is 5.75. The molecule has 4 rings (SSSR count). The molecule has 194 valence electrons. The van der Waals surface area contributed by atoms with Crippen molar-refractivity contribution in [2.45, 2.75) is 25.1 Å². The van der Waals surface area contributed by atoms with Gasteiger partial charge < -0.3 is 10.6 Å². The van der Waals surface area contributed by atoms with E-state index in [0.717, 1.165) is 5.56 Å². The highest BCUT2D eigenvalue weighted by atomic mass is 35.5. The molecule has 3 aromatic carbocycles. The summed E-state index contributed by atoms with van der Waals surface area (Å²) in [4.78, 5) is 25.8. The van der Waals surface area contributed by atoms with E-state index < -0.39 is 27.5 Å². The highest BCUT2D eigenvalue weighted by Crippen LogP contribution is 2.27. The largest absolute Gasteiger partial charge is 0.348 e. The second-order valence-corrected chi connectivity index (χ2v) is 11.2. The average Bonchev–Trinajstić information content (AvgIpc) is 2.90.